The molecule has 0 bridgehead atoms. The zero-order valence-electron chi connectivity index (χ0n) is 14.2. The second-order valence-electron chi connectivity index (χ2n) is 7.49. The summed E-state index contributed by atoms with van der Waals surface area (Å²) in [4.78, 5) is 13.2. The van der Waals surface area contributed by atoms with Crippen molar-refractivity contribution in [1.82, 2.24) is 10.2 Å². The van der Waals surface area contributed by atoms with Crippen LogP contribution in [0.4, 0.5) is 4.39 Å². The van der Waals surface area contributed by atoms with E-state index in [4.69, 9.17) is 5.11 Å². The number of carboxylic acids is 1. The van der Waals surface area contributed by atoms with Crippen LogP contribution in [0.15, 0.2) is 24.3 Å². The smallest absolute Gasteiger partial charge is 0.317 e. The number of nitrogens with zero attached hydrogens (tertiary/aromatic N) is 1. The van der Waals surface area contributed by atoms with E-state index in [0.29, 0.717) is 24.0 Å². The number of hydrogen-bond acceptors (Lipinski definition) is 3. The molecule has 2 saturated carbocycles. The molecule has 1 unspecified atom stereocenters. The van der Waals surface area contributed by atoms with Gasteiger partial charge in [0, 0.05) is 24.7 Å². The predicted molar refractivity (Wildman–Crippen MR) is 91.4 cm³/mol. The molecule has 24 heavy (non-hydrogen) atoms. The summed E-state index contributed by atoms with van der Waals surface area (Å²) < 4.78 is 12.9. The molecule has 0 radical (unpaired) electrons. The number of benzene rings is 1. The van der Waals surface area contributed by atoms with E-state index in [1.54, 1.807) is 0 Å². The Kier molecular flexibility index (Phi) is 5.51. The van der Waals surface area contributed by atoms with Gasteiger partial charge in [0.1, 0.15) is 5.82 Å². The van der Waals surface area contributed by atoms with E-state index < -0.39 is 5.97 Å². The van der Waals surface area contributed by atoms with Crippen LogP contribution in [0, 0.1) is 11.7 Å². The van der Waals surface area contributed by atoms with Crippen LogP contribution in [-0.2, 0) is 11.2 Å². The average Bonchev–Trinajstić information content (AvgIpc) is 3.28. The fraction of sp³-hybridized carbons (Fsp3) is 0.632. The van der Waals surface area contributed by atoms with E-state index in [9.17, 15) is 9.18 Å². The van der Waals surface area contributed by atoms with Crippen molar-refractivity contribution in [3.8, 4) is 0 Å². The van der Waals surface area contributed by atoms with Gasteiger partial charge < -0.3 is 10.4 Å². The van der Waals surface area contributed by atoms with Crippen molar-refractivity contribution in [3.05, 3.63) is 35.6 Å². The van der Waals surface area contributed by atoms with E-state index >= 15 is 0 Å². The Morgan fingerprint density at radius 1 is 1.33 bits per heavy atom. The first-order valence-corrected chi connectivity index (χ1v) is 8.96. The molecule has 1 aromatic carbocycles. The maximum Gasteiger partial charge on any atom is 0.317 e. The standard InChI is InChI=1S/C19H27FN2O2/c1-13(8-14-4-6-16(20)7-5-14)21-17-9-18(10-17)22(12-19(23)24)11-15-2-3-15/h4-7,13,15,17-18,21H,2-3,8-12H2,1H3,(H,23,24). The third-order valence-electron chi connectivity index (χ3n) is 5.13. The van der Waals surface area contributed by atoms with Crippen LogP contribution >= 0.6 is 0 Å². The monoisotopic (exact) mass is 334 g/mol. The zero-order chi connectivity index (χ0) is 17.1. The van der Waals surface area contributed by atoms with Gasteiger partial charge >= 0.3 is 5.97 Å². The largest absolute Gasteiger partial charge is 0.480 e. The number of aliphatic carboxylic acids is 1. The molecule has 4 nitrogen and oxygen atoms in total. The molecule has 2 aliphatic carbocycles. The number of hydrogen-bond donors (Lipinski definition) is 2. The molecule has 0 heterocycles. The van der Waals surface area contributed by atoms with Gasteiger partial charge in [-0.25, -0.2) is 4.39 Å². The maximum absolute atomic E-state index is 12.9. The Balaban J connectivity index is 1.41. The van der Waals surface area contributed by atoms with Crippen molar-refractivity contribution in [2.24, 2.45) is 5.92 Å². The Hall–Kier alpha value is -1.46. The van der Waals surface area contributed by atoms with Crippen LogP contribution in [0.1, 0.15) is 38.2 Å². The lowest BCUT2D eigenvalue weighted by Gasteiger charge is -2.44. The normalized spacial score (nSPS) is 24.6. The molecular formula is C19H27FN2O2. The molecule has 2 aliphatic rings. The van der Waals surface area contributed by atoms with Crippen molar-refractivity contribution in [2.75, 3.05) is 13.1 Å². The van der Waals surface area contributed by atoms with Gasteiger partial charge in [-0.05, 0) is 62.6 Å². The first-order valence-electron chi connectivity index (χ1n) is 8.96. The van der Waals surface area contributed by atoms with Gasteiger partial charge in [-0.3, -0.25) is 9.69 Å². The summed E-state index contributed by atoms with van der Waals surface area (Å²) in [6.07, 6.45) is 5.42. The van der Waals surface area contributed by atoms with Gasteiger partial charge in [0.25, 0.3) is 0 Å². The maximum atomic E-state index is 12.9. The van der Waals surface area contributed by atoms with Gasteiger partial charge in [-0.2, -0.15) is 0 Å². The summed E-state index contributed by atoms with van der Waals surface area (Å²) in [7, 11) is 0. The molecular weight excluding hydrogens is 307 g/mol. The van der Waals surface area contributed by atoms with Gasteiger partial charge in [0.05, 0.1) is 6.54 Å². The summed E-state index contributed by atoms with van der Waals surface area (Å²) >= 11 is 0. The quantitative estimate of drug-likeness (QED) is 0.729. The summed E-state index contributed by atoms with van der Waals surface area (Å²) in [6, 6.07) is 7.87. The molecule has 5 heteroatoms. The summed E-state index contributed by atoms with van der Waals surface area (Å²) in [5.74, 6) is -0.208. The van der Waals surface area contributed by atoms with Crippen LogP contribution in [0.5, 0.6) is 0 Å². The molecule has 1 aromatic rings. The highest BCUT2D eigenvalue weighted by molar-refractivity contribution is 5.69. The first-order chi connectivity index (χ1) is 11.5. The second-order valence-corrected chi connectivity index (χ2v) is 7.49. The molecule has 2 N–H and O–H groups in total. The zero-order valence-corrected chi connectivity index (χ0v) is 14.2. The van der Waals surface area contributed by atoms with Crippen LogP contribution in [-0.4, -0.2) is 47.2 Å². The van der Waals surface area contributed by atoms with E-state index in [2.05, 4.69) is 17.1 Å². The van der Waals surface area contributed by atoms with Crippen LogP contribution < -0.4 is 5.32 Å². The molecule has 0 aliphatic heterocycles. The fourth-order valence-electron chi connectivity index (χ4n) is 3.61. The van der Waals surface area contributed by atoms with Crippen molar-refractivity contribution < 1.29 is 14.3 Å². The highest BCUT2D eigenvalue weighted by atomic mass is 19.1. The molecule has 0 spiro atoms. The Bertz CT molecular complexity index is 553. The minimum atomic E-state index is -0.725. The third kappa shape index (κ3) is 5.02. The lowest BCUT2D eigenvalue weighted by molar-refractivity contribution is -0.139. The minimum absolute atomic E-state index is 0.166. The fourth-order valence-corrected chi connectivity index (χ4v) is 3.61. The number of carboxylic acid groups (broad SMARTS) is 1. The van der Waals surface area contributed by atoms with Gasteiger partial charge in [0.15, 0.2) is 0 Å². The summed E-state index contributed by atoms with van der Waals surface area (Å²) in [5.41, 5.74) is 1.13. The highest BCUT2D eigenvalue weighted by Crippen LogP contribution is 2.33. The van der Waals surface area contributed by atoms with Gasteiger partial charge in [0.2, 0.25) is 0 Å². The SMILES string of the molecule is CC(Cc1ccc(F)cc1)NC1CC(N(CC(=O)O)CC2CC2)C1. The molecule has 3 rings (SSSR count). The van der Waals surface area contributed by atoms with Crippen LogP contribution in [0.2, 0.25) is 0 Å². The van der Waals surface area contributed by atoms with Crippen molar-refractivity contribution in [2.45, 2.75) is 57.2 Å². The molecule has 2 fully saturated rings. The molecule has 0 aromatic heterocycles. The third-order valence-corrected chi connectivity index (χ3v) is 5.13. The average molecular weight is 334 g/mol. The van der Waals surface area contributed by atoms with Gasteiger partial charge in [-0.15, -0.1) is 0 Å². The summed E-state index contributed by atoms with van der Waals surface area (Å²) in [5, 5.41) is 12.7. The van der Waals surface area contributed by atoms with E-state index in [1.807, 2.05) is 12.1 Å². The van der Waals surface area contributed by atoms with E-state index in [0.717, 1.165) is 31.4 Å². The Labute approximate surface area is 143 Å². The predicted octanol–water partition coefficient (Wildman–Crippen LogP) is 2.67. The molecule has 132 valence electrons. The second kappa shape index (κ2) is 7.62. The van der Waals surface area contributed by atoms with Crippen molar-refractivity contribution in [3.63, 3.8) is 0 Å². The van der Waals surface area contributed by atoms with Crippen molar-refractivity contribution >= 4 is 5.97 Å². The lowest BCUT2D eigenvalue weighted by Crippen LogP contribution is -2.56. The topological polar surface area (TPSA) is 52.6 Å². The highest BCUT2D eigenvalue weighted by Gasteiger charge is 2.37. The Morgan fingerprint density at radius 2 is 2.00 bits per heavy atom. The summed E-state index contributed by atoms with van der Waals surface area (Å²) in [6.45, 7) is 3.25. The van der Waals surface area contributed by atoms with Gasteiger partial charge in [-0.1, -0.05) is 12.1 Å². The lowest BCUT2D eigenvalue weighted by atomic mass is 9.84. The number of rotatable bonds is 9. The molecule has 1 atom stereocenters. The van der Waals surface area contributed by atoms with Crippen LogP contribution in [0.3, 0.4) is 0 Å². The number of halogens is 1. The Morgan fingerprint density at radius 3 is 2.58 bits per heavy atom. The molecule has 0 amide bonds. The molecule has 0 saturated heterocycles. The minimum Gasteiger partial charge on any atom is -0.480 e. The van der Waals surface area contributed by atoms with E-state index in [1.165, 1.54) is 25.0 Å². The first kappa shape index (κ1) is 17.4. The van der Waals surface area contributed by atoms with E-state index in [-0.39, 0.29) is 12.4 Å². The van der Waals surface area contributed by atoms with Crippen LogP contribution in [0.25, 0.3) is 0 Å². The number of nitrogens with one attached hydrogen (secondary N) is 1. The van der Waals surface area contributed by atoms with Crippen molar-refractivity contribution in [1.29, 1.82) is 0 Å². The number of carbonyl (C=O) groups is 1.